The molecule has 0 atom stereocenters. The van der Waals surface area contributed by atoms with E-state index in [9.17, 15) is 8.42 Å². The van der Waals surface area contributed by atoms with Gasteiger partial charge in [-0.1, -0.05) is 36.9 Å². The van der Waals surface area contributed by atoms with Crippen molar-refractivity contribution >= 4 is 21.8 Å². The van der Waals surface area contributed by atoms with E-state index in [4.69, 9.17) is 4.74 Å². The summed E-state index contributed by atoms with van der Waals surface area (Å²) in [6.45, 7) is 9.96. The van der Waals surface area contributed by atoms with Crippen LogP contribution in [0.2, 0.25) is 0 Å². The Kier molecular flexibility index (Phi) is 7.18. The zero-order chi connectivity index (χ0) is 22.6. The van der Waals surface area contributed by atoms with E-state index < -0.39 is 10.0 Å². The Hall–Kier alpha value is -2.35. The SMILES string of the molecule is C=Cc1ccc(S(=O)(=O)N2CCC(CN3CCN(c4ccccc4OC)CC3)CC2)cc1. The fourth-order valence-corrected chi connectivity index (χ4v) is 6.15. The lowest BCUT2D eigenvalue weighted by molar-refractivity contribution is 0.175. The van der Waals surface area contributed by atoms with Gasteiger partial charge in [0.25, 0.3) is 0 Å². The summed E-state index contributed by atoms with van der Waals surface area (Å²) < 4.78 is 33.1. The number of rotatable bonds is 7. The quantitative estimate of drug-likeness (QED) is 0.639. The van der Waals surface area contributed by atoms with Gasteiger partial charge in [-0.05, 0) is 48.6 Å². The molecule has 6 nitrogen and oxygen atoms in total. The molecule has 32 heavy (non-hydrogen) atoms. The van der Waals surface area contributed by atoms with E-state index in [0.717, 1.165) is 62.6 Å². The lowest BCUT2D eigenvalue weighted by atomic mass is 9.97. The monoisotopic (exact) mass is 455 g/mol. The van der Waals surface area contributed by atoms with Crippen molar-refractivity contribution in [2.24, 2.45) is 5.92 Å². The lowest BCUT2D eigenvalue weighted by Gasteiger charge is -2.39. The Morgan fingerprint density at radius 2 is 1.62 bits per heavy atom. The van der Waals surface area contributed by atoms with E-state index in [1.165, 1.54) is 0 Å². The molecule has 0 radical (unpaired) electrons. The van der Waals surface area contributed by atoms with Gasteiger partial charge in [0.05, 0.1) is 17.7 Å². The Morgan fingerprint density at radius 3 is 2.25 bits per heavy atom. The van der Waals surface area contributed by atoms with Crippen LogP contribution < -0.4 is 9.64 Å². The second kappa shape index (κ2) is 10.1. The molecule has 0 aromatic heterocycles. The number of methoxy groups -OCH3 is 1. The number of hydrogen-bond donors (Lipinski definition) is 0. The van der Waals surface area contributed by atoms with E-state index in [-0.39, 0.29) is 0 Å². The Morgan fingerprint density at radius 1 is 0.969 bits per heavy atom. The molecule has 0 spiro atoms. The van der Waals surface area contributed by atoms with Gasteiger partial charge in [-0.15, -0.1) is 0 Å². The van der Waals surface area contributed by atoms with Crippen molar-refractivity contribution in [3.8, 4) is 5.75 Å². The first-order valence-corrected chi connectivity index (χ1v) is 12.8. The van der Waals surface area contributed by atoms with Gasteiger partial charge in [0.1, 0.15) is 5.75 Å². The first-order valence-electron chi connectivity index (χ1n) is 11.3. The highest BCUT2D eigenvalue weighted by Gasteiger charge is 2.30. The summed E-state index contributed by atoms with van der Waals surface area (Å²) in [5.74, 6) is 1.47. The molecule has 2 heterocycles. The summed E-state index contributed by atoms with van der Waals surface area (Å²) in [5.41, 5.74) is 2.09. The third kappa shape index (κ3) is 5.00. The smallest absolute Gasteiger partial charge is 0.243 e. The number of piperazine rings is 1. The average molecular weight is 456 g/mol. The lowest BCUT2D eigenvalue weighted by Crippen LogP contribution is -2.49. The second-order valence-electron chi connectivity index (χ2n) is 8.58. The summed E-state index contributed by atoms with van der Waals surface area (Å²) in [5, 5.41) is 0. The number of ether oxygens (including phenoxy) is 1. The predicted octanol–water partition coefficient (Wildman–Crippen LogP) is 3.56. The predicted molar refractivity (Wildman–Crippen MR) is 130 cm³/mol. The summed E-state index contributed by atoms with van der Waals surface area (Å²) in [4.78, 5) is 5.28. The zero-order valence-corrected chi connectivity index (χ0v) is 19.6. The van der Waals surface area contributed by atoms with Gasteiger partial charge in [0, 0.05) is 45.8 Å². The van der Waals surface area contributed by atoms with E-state index in [1.807, 2.05) is 12.1 Å². The van der Waals surface area contributed by atoms with Gasteiger partial charge in [0.2, 0.25) is 10.0 Å². The summed E-state index contributed by atoms with van der Waals surface area (Å²) in [7, 11) is -1.70. The summed E-state index contributed by atoms with van der Waals surface area (Å²) >= 11 is 0. The number of sulfonamides is 1. The Bertz CT molecular complexity index is 1010. The molecule has 0 saturated carbocycles. The molecule has 7 heteroatoms. The van der Waals surface area contributed by atoms with Crippen LogP contribution in [0, 0.1) is 5.92 Å². The molecule has 172 valence electrons. The molecule has 2 aromatic rings. The highest BCUT2D eigenvalue weighted by atomic mass is 32.2. The molecule has 0 unspecified atom stereocenters. The number of nitrogens with zero attached hydrogens (tertiary/aromatic N) is 3. The van der Waals surface area contributed by atoms with E-state index in [2.05, 4.69) is 28.5 Å². The highest BCUT2D eigenvalue weighted by Crippen LogP contribution is 2.29. The molecule has 0 bridgehead atoms. The van der Waals surface area contributed by atoms with Crippen LogP contribution in [0.1, 0.15) is 18.4 Å². The second-order valence-corrected chi connectivity index (χ2v) is 10.5. The molecule has 0 amide bonds. The van der Waals surface area contributed by atoms with Gasteiger partial charge in [0.15, 0.2) is 0 Å². The third-order valence-electron chi connectivity index (χ3n) is 6.64. The van der Waals surface area contributed by atoms with Crippen LogP contribution in [-0.4, -0.2) is 70.5 Å². The minimum Gasteiger partial charge on any atom is -0.495 e. The molecule has 2 aliphatic rings. The fourth-order valence-electron chi connectivity index (χ4n) is 4.68. The number of anilines is 1. The van der Waals surface area contributed by atoms with Crippen LogP contribution in [0.15, 0.2) is 60.0 Å². The first kappa shape index (κ1) is 22.8. The maximum atomic E-state index is 13.0. The Balaban J connectivity index is 1.27. The molecule has 2 saturated heterocycles. The normalized spacial score (nSPS) is 19.1. The standard InChI is InChI=1S/C25H33N3O3S/c1-3-21-8-10-23(11-9-21)32(29,30)28-14-12-22(13-15-28)20-26-16-18-27(19-17-26)24-6-4-5-7-25(24)31-2/h3-11,22H,1,12-20H2,2H3. The number of piperidine rings is 1. The van der Waals surface area contributed by atoms with Crippen LogP contribution in [0.25, 0.3) is 6.08 Å². The number of para-hydroxylation sites is 2. The van der Waals surface area contributed by atoms with Crippen molar-refractivity contribution in [1.29, 1.82) is 0 Å². The van der Waals surface area contributed by atoms with Crippen LogP contribution >= 0.6 is 0 Å². The molecule has 4 rings (SSSR count). The highest BCUT2D eigenvalue weighted by molar-refractivity contribution is 7.89. The number of hydrogen-bond acceptors (Lipinski definition) is 5. The van der Waals surface area contributed by atoms with Crippen molar-refractivity contribution in [3.63, 3.8) is 0 Å². The summed E-state index contributed by atoms with van der Waals surface area (Å²) in [6.07, 6.45) is 3.55. The number of benzene rings is 2. The molecular formula is C25H33N3O3S. The maximum absolute atomic E-state index is 13.0. The van der Waals surface area contributed by atoms with Crippen LogP contribution in [-0.2, 0) is 10.0 Å². The molecule has 2 fully saturated rings. The van der Waals surface area contributed by atoms with E-state index >= 15 is 0 Å². The summed E-state index contributed by atoms with van der Waals surface area (Å²) in [6, 6.07) is 15.2. The van der Waals surface area contributed by atoms with Gasteiger partial charge >= 0.3 is 0 Å². The molecular weight excluding hydrogens is 422 g/mol. The molecule has 0 N–H and O–H groups in total. The van der Waals surface area contributed by atoms with Gasteiger partial charge < -0.3 is 9.64 Å². The van der Waals surface area contributed by atoms with Crippen LogP contribution in [0.5, 0.6) is 5.75 Å². The van der Waals surface area contributed by atoms with E-state index in [1.54, 1.807) is 41.8 Å². The van der Waals surface area contributed by atoms with Gasteiger partial charge in [-0.25, -0.2) is 8.42 Å². The van der Waals surface area contributed by atoms with Gasteiger partial charge in [-0.3, -0.25) is 4.90 Å². The first-order chi connectivity index (χ1) is 15.5. The van der Waals surface area contributed by atoms with E-state index in [0.29, 0.717) is 23.9 Å². The van der Waals surface area contributed by atoms with Gasteiger partial charge in [-0.2, -0.15) is 4.31 Å². The molecule has 0 aliphatic carbocycles. The van der Waals surface area contributed by atoms with Crippen molar-refractivity contribution in [1.82, 2.24) is 9.21 Å². The third-order valence-corrected chi connectivity index (χ3v) is 8.55. The van der Waals surface area contributed by atoms with Crippen LogP contribution in [0.4, 0.5) is 5.69 Å². The molecule has 2 aromatic carbocycles. The van der Waals surface area contributed by atoms with Crippen molar-refractivity contribution in [3.05, 3.63) is 60.7 Å². The maximum Gasteiger partial charge on any atom is 0.243 e. The minimum absolute atomic E-state index is 0.369. The Labute approximate surface area is 192 Å². The van der Waals surface area contributed by atoms with Crippen LogP contribution in [0.3, 0.4) is 0 Å². The fraction of sp³-hybridized carbons (Fsp3) is 0.440. The topological polar surface area (TPSA) is 53.1 Å². The zero-order valence-electron chi connectivity index (χ0n) is 18.8. The molecule has 2 aliphatic heterocycles. The average Bonchev–Trinajstić information content (AvgIpc) is 2.85. The van der Waals surface area contributed by atoms with Crippen molar-refractivity contribution in [2.75, 3.05) is 57.8 Å². The van der Waals surface area contributed by atoms with Crippen molar-refractivity contribution < 1.29 is 13.2 Å². The van der Waals surface area contributed by atoms with Crippen molar-refractivity contribution in [2.45, 2.75) is 17.7 Å². The minimum atomic E-state index is -3.42. The largest absolute Gasteiger partial charge is 0.495 e.